The third-order valence-electron chi connectivity index (χ3n) is 3.49. The van der Waals surface area contributed by atoms with E-state index in [0.29, 0.717) is 11.0 Å². The molecule has 0 aliphatic carbocycles. The number of aromatic nitrogens is 2. The smallest absolute Gasteiger partial charge is 0.464 e. The molecule has 140 valence electrons. The second kappa shape index (κ2) is 6.98. The van der Waals surface area contributed by atoms with Gasteiger partial charge in [0.1, 0.15) is 17.1 Å². The summed E-state index contributed by atoms with van der Waals surface area (Å²) >= 11 is 0. The molecule has 0 spiro atoms. The molecule has 0 unspecified atom stereocenters. The van der Waals surface area contributed by atoms with E-state index in [0.717, 1.165) is 6.07 Å². The largest absolute Gasteiger partial charge is 0.573 e. The van der Waals surface area contributed by atoms with Gasteiger partial charge in [-0.2, -0.15) is 0 Å². The van der Waals surface area contributed by atoms with Crippen LogP contribution in [0.3, 0.4) is 0 Å². The van der Waals surface area contributed by atoms with E-state index in [4.69, 9.17) is 0 Å². The van der Waals surface area contributed by atoms with Crippen LogP contribution in [0, 0.1) is 0 Å². The average molecular weight is 379 g/mol. The summed E-state index contributed by atoms with van der Waals surface area (Å²) in [5.74, 6) is -2.01. The number of halogens is 3. The molecule has 2 N–H and O–H groups in total. The number of carbonyl (C=O) groups is 2. The van der Waals surface area contributed by atoms with Gasteiger partial charge >= 0.3 is 12.3 Å². The summed E-state index contributed by atoms with van der Waals surface area (Å²) in [6.07, 6.45) is -3.63. The number of methoxy groups -OCH3 is 1. The number of fused-ring (bicyclic) bond motifs is 1. The molecule has 0 aliphatic heterocycles. The van der Waals surface area contributed by atoms with Gasteiger partial charge in [0, 0.05) is 5.39 Å². The Kier molecular flexibility index (Phi) is 4.72. The van der Waals surface area contributed by atoms with Gasteiger partial charge in [0.15, 0.2) is 0 Å². The number of pyridine rings is 1. The molecule has 10 heteroatoms. The van der Waals surface area contributed by atoms with Crippen LogP contribution in [0.1, 0.15) is 20.8 Å². The van der Waals surface area contributed by atoms with Crippen LogP contribution in [-0.4, -0.2) is 35.3 Å². The first-order valence-electron chi connectivity index (χ1n) is 7.50. The number of carbonyl (C=O) groups excluding carboxylic acids is 2. The summed E-state index contributed by atoms with van der Waals surface area (Å²) in [7, 11) is 1.23. The highest BCUT2D eigenvalue weighted by Gasteiger charge is 2.32. The third-order valence-corrected chi connectivity index (χ3v) is 3.49. The number of nitrogens with zero attached hydrogens (tertiary/aromatic N) is 1. The van der Waals surface area contributed by atoms with Crippen molar-refractivity contribution in [2.45, 2.75) is 6.36 Å². The second-order valence-corrected chi connectivity index (χ2v) is 5.33. The molecule has 0 saturated heterocycles. The van der Waals surface area contributed by atoms with E-state index < -0.39 is 24.0 Å². The highest BCUT2D eigenvalue weighted by atomic mass is 19.4. The number of anilines is 1. The van der Waals surface area contributed by atoms with Gasteiger partial charge < -0.3 is 19.8 Å². The maximum atomic E-state index is 12.5. The number of H-pyrrole nitrogens is 1. The van der Waals surface area contributed by atoms with E-state index in [1.54, 1.807) is 0 Å². The molecule has 0 atom stereocenters. The lowest BCUT2D eigenvalue weighted by atomic mass is 10.2. The van der Waals surface area contributed by atoms with Crippen molar-refractivity contribution in [3.8, 4) is 5.75 Å². The van der Waals surface area contributed by atoms with Gasteiger partial charge in [-0.1, -0.05) is 12.1 Å². The summed E-state index contributed by atoms with van der Waals surface area (Å²) in [5, 5.41) is 2.96. The summed E-state index contributed by atoms with van der Waals surface area (Å²) in [5.41, 5.74) is 0.491. The van der Waals surface area contributed by atoms with Crippen molar-refractivity contribution in [2.75, 3.05) is 12.4 Å². The minimum absolute atomic E-state index is 0.174. The van der Waals surface area contributed by atoms with Crippen LogP contribution in [0.4, 0.5) is 18.9 Å². The minimum atomic E-state index is -4.92. The molecule has 7 nitrogen and oxygen atoms in total. The Hall–Kier alpha value is -3.56. The number of hydrogen-bond acceptors (Lipinski definition) is 5. The monoisotopic (exact) mass is 379 g/mol. The van der Waals surface area contributed by atoms with Crippen LogP contribution in [0.25, 0.3) is 11.0 Å². The van der Waals surface area contributed by atoms with Crippen molar-refractivity contribution in [1.82, 2.24) is 9.97 Å². The Labute approximate surface area is 150 Å². The lowest BCUT2D eigenvalue weighted by Gasteiger charge is -2.13. The zero-order chi connectivity index (χ0) is 19.6. The topological polar surface area (TPSA) is 93.3 Å². The zero-order valence-corrected chi connectivity index (χ0v) is 13.8. The fraction of sp³-hybridized carbons (Fsp3) is 0.118. The Balaban J connectivity index is 1.85. The van der Waals surface area contributed by atoms with E-state index in [9.17, 15) is 22.8 Å². The fourth-order valence-corrected chi connectivity index (χ4v) is 2.37. The number of esters is 1. The quantitative estimate of drug-likeness (QED) is 0.677. The predicted molar refractivity (Wildman–Crippen MR) is 88.5 cm³/mol. The molecule has 3 aromatic rings. The van der Waals surface area contributed by atoms with Gasteiger partial charge in [-0.05, 0) is 24.3 Å². The van der Waals surface area contributed by atoms with Gasteiger partial charge in [-0.15, -0.1) is 13.2 Å². The van der Waals surface area contributed by atoms with Crippen LogP contribution in [0.5, 0.6) is 5.75 Å². The molecule has 0 bridgehead atoms. The van der Waals surface area contributed by atoms with Crippen molar-refractivity contribution in [3.05, 3.63) is 53.9 Å². The summed E-state index contributed by atoms with van der Waals surface area (Å²) in [6.45, 7) is 0. The first-order valence-corrected chi connectivity index (χ1v) is 7.50. The SMILES string of the molecule is COC(=O)c1cc2cc(NC(=O)c3ccccc3OC(F)(F)F)cnc2[nH]1. The summed E-state index contributed by atoms with van der Waals surface area (Å²) in [6, 6.07) is 7.96. The Morgan fingerprint density at radius 1 is 1.19 bits per heavy atom. The molecule has 0 saturated carbocycles. The molecule has 0 radical (unpaired) electrons. The van der Waals surface area contributed by atoms with Crippen molar-refractivity contribution in [2.24, 2.45) is 0 Å². The van der Waals surface area contributed by atoms with E-state index in [-0.39, 0.29) is 16.9 Å². The first kappa shape index (κ1) is 18.2. The Morgan fingerprint density at radius 3 is 2.63 bits per heavy atom. The minimum Gasteiger partial charge on any atom is -0.464 e. The third kappa shape index (κ3) is 4.17. The number of para-hydroxylation sites is 1. The Bertz CT molecular complexity index is 1010. The molecular formula is C17H12F3N3O4. The van der Waals surface area contributed by atoms with Crippen molar-refractivity contribution < 1.29 is 32.2 Å². The van der Waals surface area contributed by atoms with Crippen molar-refractivity contribution >= 4 is 28.6 Å². The number of alkyl halides is 3. The molecule has 1 amide bonds. The van der Waals surface area contributed by atoms with Gasteiger partial charge in [0.05, 0.1) is 24.6 Å². The molecule has 2 heterocycles. The van der Waals surface area contributed by atoms with E-state index >= 15 is 0 Å². The maximum Gasteiger partial charge on any atom is 0.573 e. The number of hydrogen-bond donors (Lipinski definition) is 2. The molecule has 2 aromatic heterocycles. The van der Waals surface area contributed by atoms with E-state index in [1.807, 2.05) is 0 Å². The summed E-state index contributed by atoms with van der Waals surface area (Å²) < 4.78 is 45.9. The van der Waals surface area contributed by atoms with Crippen LogP contribution in [0.15, 0.2) is 42.6 Å². The number of aromatic amines is 1. The Morgan fingerprint density at radius 2 is 1.93 bits per heavy atom. The predicted octanol–water partition coefficient (Wildman–Crippen LogP) is 3.50. The maximum absolute atomic E-state index is 12.5. The van der Waals surface area contributed by atoms with Crippen molar-refractivity contribution in [3.63, 3.8) is 0 Å². The fourth-order valence-electron chi connectivity index (χ4n) is 2.37. The molecule has 0 fully saturated rings. The van der Waals surface area contributed by atoms with Gasteiger partial charge in [0.25, 0.3) is 5.91 Å². The van der Waals surface area contributed by atoms with Gasteiger partial charge in [-0.3, -0.25) is 4.79 Å². The molecule has 27 heavy (non-hydrogen) atoms. The van der Waals surface area contributed by atoms with Crippen molar-refractivity contribution in [1.29, 1.82) is 0 Å². The van der Waals surface area contributed by atoms with Crippen LogP contribution >= 0.6 is 0 Å². The number of nitrogens with one attached hydrogen (secondary N) is 2. The lowest BCUT2D eigenvalue weighted by molar-refractivity contribution is -0.274. The van der Waals surface area contributed by atoms with E-state index in [1.165, 1.54) is 43.6 Å². The van der Waals surface area contributed by atoms with Crippen LogP contribution < -0.4 is 10.1 Å². The highest BCUT2D eigenvalue weighted by Crippen LogP contribution is 2.27. The number of amides is 1. The average Bonchev–Trinajstić information content (AvgIpc) is 3.03. The lowest BCUT2D eigenvalue weighted by Crippen LogP contribution is -2.20. The van der Waals surface area contributed by atoms with E-state index in [2.05, 4.69) is 24.8 Å². The molecule has 3 rings (SSSR count). The number of rotatable bonds is 4. The van der Waals surface area contributed by atoms with Gasteiger partial charge in [-0.25, -0.2) is 9.78 Å². The highest BCUT2D eigenvalue weighted by molar-refractivity contribution is 6.06. The summed E-state index contributed by atoms with van der Waals surface area (Å²) in [4.78, 5) is 30.7. The molecular weight excluding hydrogens is 367 g/mol. The van der Waals surface area contributed by atoms with Crippen LogP contribution in [-0.2, 0) is 4.74 Å². The normalized spacial score (nSPS) is 11.3. The first-order chi connectivity index (χ1) is 12.8. The van der Waals surface area contributed by atoms with Gasteiger partial charge in [0.2, 0.25) is 0 Å². The second-order valence-electron chi connectivity index (χ2n) is 5.33. The zero-order valence-electron chi connectivity index (χ0n) is 13.8. The molecule has 0 aliphatic rings. The molecule has 1 aromatic carbocycles. The standard InChI is InChI=1S/C17H12F3N3O4/c1-26-16(25)12-7-9-6-10(8-21-14(9)23-12)22-15(24)11-4-2-3-5-13(11)27-17(18,19)20/h2-8H,1H3,(H,21,23)(H,22,24). The van der Waals surface area contributed by atoms with Crippen LogP contribution in [0.2, 0.25) is 0 Å². The number of benzene rings is 1. The number of ether oxygens (including phenoxy) is 2.